The van der Waals surface area contributed by atoms with E-state index in [-0.39, 0.29) is 24.2 Å². The number of fused-ring (bicyclic) bond motifs is 2. The third kappa shape index (κ3) is 3.48. The largest absolute Gasteiger partial charge is 0.474 e. The molecular weight excluding hydrogens is 408 g/mol. The van der Waals surface area contributed by atoms with Crippen LogP contribution >= 0.6 is 0 Å². The van der Waals surface area contributed by atoms with Gasteiger partial charge in [0, 0.05) is 18.0 Å². The summed E-state index contributed by atoms with van der Waals surface area (Å²) in [6.45, 7) is 0. The number of nitrogens with one attached hydrogen (secondary N) is 1. The lowest BCUT2D eigenvalue weighted by atomic mass is 9.93. The highest BCUT2D eigenvalue weighted by Gasteiger charge is 2.31. The van der Waals surface area contributed by atoms with Crippen LogP contribution in [-0.4, -0.2) is 47.6 Å². The van der Waals surface area contributed by atoms with Crippen molar-refractivity contribution in [3.05, 3.63) is 48.4 Å². The molecule has 164 valence electrons. The number of rotatable bonds is 5. The Labute approximate surface area is 184 Å². The standard InChI is InChI=1S/C23H24N6O3/c30-16-4-1-3-15(12-16)29-23(32-17-6-7-17)18-11-14(5-8-19(18)27-29)22(31)26-20-13-25-28-10-2-9-24-21(20)28/h2,5,8-11,13,15-17,30H,1,3-4,6-7,12H2,(H,26,31)/t15-,16-/m0/s1. The van der Waals surface area contributed by atoms with E-state index < -0.39 is 0 Å². The molecule has 9 nitrogen and oxygen atoms in total. The number of hydrogen-bond donors (Lipinski definition) is 2. The quantitative estimate of drug-likeness (QED) is 0.501. The van der Waals surface area contributed by atoms with Gasteiger partial charge < -0.3 is 15.2 Å². The van der Waals surface area contributed by atoms with Gasteiger partial charge in [-0.15, -0.1) is 0 Å². The molecule has 2 aliphatic rings. The summed E-state index contributed by atoms with van der Waals surface area (Å²) in [7, 11) is 0. The number of aromatic nitrogens is 5. The maximum absolute atomic E-state index is 13.0. The van der Waals surface area contributed by atoms with Crippen LogP contribution in [0.3, 0.4) is 0 Å². The first kappa shape index (κ1) is 19.2. The Morgan fingerprint density at radius 3 is 2.97 bits per heavy atom. The summed E-state index contributed by atoms with van der Waals surface area (Å²) in [6, 6.07) is 7.34. The highest BCUT2D eigenvalue weighted by atomic mass is 16.5. The molecule has 0 bridgehead atoms. The lowest BCUT2D eigenvalue weighted by Crippen LogP contribution is -2.24. The molecule has 2 atom stereocenters. The number of aliphatic hydroxyl groups excluding tert-OH is 1. The topological polar surface area (TPSA) is 107 Å². The molecule has 0 radical (unpaired) electrons. The molecule has 2 fully saturated rings. The van der Waals surface area contributed by atoms with Gasteiger partial charge in [0.1, 0.15) is 11.8 Å². The molecule has 2 N–H and O–H groups in total. The normalized spacial score (nSPS) is 21.2. The fourth-order valence-electron chi connectivity index (χ4n) is 4.40. The van der Waals surface area contributed by atoms with Crippen molar-refractivity contribution >= 4 is 28.1 Å². The summed E-state index contributed by atoms with van der Waals surface area (Å²) in [5.41, 5.74) is 2.44. The Morgan fingerprint density at radius 1 is 1.22 bits per heavy atom. The zero-order valence-electron chi connectivity index (χ0n) is 17.5. The smallest absolute Gasteiger partial charge is 0.255 e. The van der Waals surface area contributed by atoms with Crippen molar-refractivity contribution < 1.29 is 14.6 Å². The molecule has 1 amide bonds. The van der Waals surface area contributed by atoms with E-state index in [0.717, 1.165) is 43.0 Å². The van der Waals surface area contributed by atoms with E-state index in [1.807, 2.05) is 16.8 Å². The minimum absolute atomic E-state index is 0.0991. The average Bonchev–Trinajstić information content (AvgIpc) is 3.43. The molecule has 2 saturated carbocycles. The highest BCUT2D eigenvalue weighted by Crippen LogP contribution is 2.38. The summed E-state index contributed by atoms with van der Waals surface area (Å²) in [4.78, 5) is 17.3. The molecule has 9 heteroatoms. The fourth-order valence-corrected chi connectivity index (χ4v) is 4.40. The van der Waals surface area contributed by atoms with Crippen LogP contribution in [0, 0.1) is 0 Å². The number of aliphatic hydroxyl groups is 1. The van der Waals surface area contributed by atoms with E-state index in [0.29, 0.717) is 29.2 Å². The number of benzene rings is 1. The van der Waals surface area contributed by atoms with Crippen LogP contribution in [0.2, 0.25) is 0 Å². The van der Waals surface area contributed by atoms with E-state index in [1.54, 1.807) is 35.2 Å². The van der Waals surface area contributed by atoms with Gasteiger partial charge in [-0.2, -0.15) is 10.2 Å². The highest BCUT2D eigenvalue weighted by molar-refractivity contribution is 6.08. The monoisotopic (exact) mass is 432 g/mol. The van der Waals surface area contributed by atoms with Crippen molar-refractivity contribution in [2.24, 2.45) is 0 Å². The van der Waals surface area contributed by atoms with E-state index in [9.17, 15) is 9.90 Å². The van der Waals surface area contributed by atoms with Gasteiger partial charge in [0.05, 0.1) is 29.2 Å². The van der Waals surface area contributed by atoms with Gasteiger partial charge in [-0.25, -0.2) is 14.2 Å². The maximum atomic E-state index is 13.0. The molecule has 4 aromatic rings. The second-order valence-electron chi connectivity index (χ2n) is 8.67. The number of ether oxygens (including phenoxy) is 1. The van der Waals surface area contributed by atoms with Crippen LogP contribution in [0.25, 0.3) is 16.6 Å². The van der Waals surface area contributed by atoms with E-state index in [1.165, 1.54) is 0 Å². The van der Waals surface area contributed by atoms with Gasteiger partial charge in [-0.05, 0) is 62.8 Å². The van der Waals surface area contributed by atoms with Crippen LogP contribution < -0.4 is 10.1 Å². The van der Waals surface area contributed by atoms with Crippen molar-refractivity contribution in [1.82, 2.24) is 24.4 Å². The Bertz CT molecular complexity index is 1310. The van der Waals surface area contributed by atoms with Gasteiger partial charge in [0.2, 0.25) is 5.88 Å². The van der Waals surface area contributed by atoms with E-state index in [2.05, 4.69) is 15.4 Å². The summed E-state index contributed by atoms with van der Waals surface area (Å²) < 4.78 is 9.81. The van der Waals surface area contributed by atoms with Crippen molar-refractivity contribution in [3.63, 3.8) is 0 Å². The lowest BCUT2D eigenvalue weighted by Gasteiger charge is -2.27. The second kappa shape index (κ2) is 7.59. The van der Waals surface area contributed by atoms with Crippen molar-refractivity contribution in [3.8, 4) is 5.88 Å². The minimum atomic E-state index is -0.310. The van der Waals surface area contributed by atoms with Crippen molar-refractivity contribution in [2.75, 3.05) is 5.32 Å². The summed E-state index contributed by atoms with van der Waals surface area (Å²) >= 11 is 0. The van der Waals surface area contributed by atoms with Crippen LogP contribution in [-0.2, 0) is 0 Å². The molecule has 3 heterocycles. The molecule has 6 rings (SSSR count). The van der Waals surface area contributed by atoms with Gasteiger partial charge in [-0.1, -0.05) is 0 Å². The Kier molecular flexibility index (Phi) is 4.57. The van der Waals surface area contributed by atoms with Crippen molar-refractivity contribution in [2.45, 2.75) is 56.8 Å². The van der Waals surface area contributed by atoms with Gasteiger partial charge in [0.15, 0.2) is 5.65 Å². The molecule has 2 aliphatic carbocycles. The second-order valence-corrected chi connectivity index (χ2v) is 8.67. The first-order chi connectivity index (χ1) is 15.7. The predicted molar refractivity (Wildman–Crippen MR) is 118 cm³/mol. The minimum Gasteiger partial charge on any atom is -0.474 e. The number of hydrogen-bond acceptors (Lipinski definition) is 6. The van der Waals surface area contributed by atoms with Crippen LogP contribution in [0.15, 0.2) is 42.9 Å². The third-order valence-corrected chi connectivity index (χ3v) is 6.21. The number of carbonyl (C=O) groups is 1. The number of nitrogens with zero attached hydrogens (tertiary/aromatic N) is 5. The first-order valence-corrected chi connectivity index (χ1v) is 11.1. The molecule has 0 saturated heterocycles. The Morgan fingerprint density at radius 2 is 2.12 bits per heavy atom. The summed E-state index contributed by atoms with van der Waals surface area (Å²) in [6.07, 6.45) is 10.4. The molecular formula is C23H24N6O3. The van der Waals surface area contributed by atoms with Crippen LogP contribution in [0.4, 0.5) is 5.69 Å². The molecule has 1 aromatic carbocycles. The Hall–Kier alpha value is -3.46. The fraction of sp³-hybridized carbons (Fsp3) is 0.391. The average molecular weight is 432 g/mol. The molecule has 0 spiro atoms. The molecule has 32 heavy (non-hydrogen) atoms. The first-order valence-electron chi connectivity index (χ1n) is 11.1. The maximum Gasteiger partial charge on any atom is 0.255 e. The van der Waals surface area contributed by atoms with Gasteiger partial charge in [-0.3, -0.25) is 4.79 Å². The molecule has 0 aliphatic heterocycles. The van der Waals surface area contributed by atoms with Crippen LogP contribution in [0.5, 0.6) is 5.88 Å². The van der Waals surface area contributed by atoms with E-state index >= 15 is 0 Å². The van der Waals surface area contributed by atoms with Crippen molar-refractivity contribution in [1.29, 1.82) is 0 Å². The SMILES string of the molecule is O=C(Nc1cnn2cccnc12)c1ccc2nn([C@H]3CCC[C@H](O)C3)c(OC3CC3)c2c1. The van der Waals surface area contributed by atoms with E-state index in [4.69, 9.17) is 9.84 Å². The number of anilines is 1. The Balaban J connectivity index is 1.35. The lowest BCUT2D eigenvalue weighted by molar-refractivity contribution is 0.0959. The number of carbonyl (C=O) groups excluding carboxylic acids is 1. The van der Waals surface area contributed by atoms with Gasteiger partial charge in [0.25, 0.3) is 5.91 Å². The molecule has 3 aromatic heterocycles. The number of amides is 1. The molecule has 0 unspecified atom stereocenters. The zero-order chi connectivity index (χ0) is 21.7. The third-order valence-electron chi connectivity index (χ3n) is 6.21. The predicted octanol–water partition coefficient (Wildman–Crippen LogP) is 3.35. The summed E-state index contributed by atoms with van der Waals surface area (Å²) in [5.74, 6) is 0.458. The van der Waals surface area contributed by atoms with Gasteiger partial charge >= 0.3 is 0 Å². The summed E-state index contributed by atoms with van der Waals surface area (Å²) in [5, 5.41) is 22.9. The van der Waals surface area contributed by atoms with Crippen LogP contribution in [0.1, 0.15) is 54.9 Å². The zero-order valence-corrected chi connectivity index (χ0v) is 17.5.